The summed E-state index contributed by atoms with van der Waals surface area (Å²) < 4.78 is 13.4. The Morgan fingerprint density at radius 2 is 1.66 bits per heavy atom. The maximum absolute atomic E-state index is 13.2. The molecule has 5 aromatic rings. The predicted molar refractivity (Wildman–Crippen MR) is 186 cm³/mol. The Morgan fingerprint density at radius 3 is 2.38 bits per heavy atom. The number of furan rings is 1. The molecule has 2 heterocycles. The van der Waals surface area contributed by atoms with Gasteiger partial charge in [0.15, 0.2) is 0 Å². The maximum Gasteiger partial charge on any atom is 0.374 e. The highest BCUT2D eigenvalue weighted by Gasteiger charge is 2.26. The van der Waals surface area contributed by atoms with E-state index in [1.165, 1.54) is 5.56 Å². The average molecular weight is 645 g/mol. The summed E-state index contributed by atoms with van der Waals surface area (Å²) in [6.45, 7) is 7.32. The van der Waals surface area contributed by atoms with Gasteiger partial charge in [-0.3, -0.25) is 4.79 Å². The monoisotopic (exact) mass is 644 g/mol. The second-order valence-corrected chi connectivity index (χ2v) is 12.4. The Bertz CT molecular complexity index is 1910. The zero-order chi connectivity index (χ0) is 32.8. The van der Waals surface area contributed by atoms with Gasteiger partial charge in [-0.15, -0.1) is 0 Å². The van der Waals surface area contributed by atoms with Crippen LogP contribution in [0, 0.1) is 18.3 Å². The molecule has 1 aliphatic heterocycles. The Morgan fingerprint density at radius 1 is 0.936 bits per heavy atom. The highest BCUT2D eigenvalue weighted by molar-refractivity contribution is 8.00. The van der Waals surface area contributed by atoms with Crippen LogP contribution < -0.4 is 9.21 Å². The number of rotatable bonds is 10. The number of benzene rings is 4. The molecule has 0 N–H and O–H groups in total. The van der Waals surface area contributed by atoms with Gasteiger partial charge in [-0.1, -0.05) is 42.5 Å². The van der Waals surface area contributed by atoms with E-state index in [1.807, 2.05) is 30.0 Å². The maximum atomic E-state index is 13.2. The van der Waals surface area contributed by atoms with Crippen LogP contribution in [0.4, 0.5) is 11.4 Å². The van der Waals surface area contributed by atoms with Gasteiger partial charge in [-0.2, -0.15) is 5.26 Å². The molecule has 1 amide bonds. The standard InChI is InChI=1S/C38H36N4O4S/c1-3-45-38(44)36-27(2)32-25-31(17-18-35(32)46-36)47-42(20-19-28-9-5-4-6-10-28)34-12-8-7-11-33(34)40-21-23-41(24-22-40)37(43)30-15-13-29(26-39)14-16-30/h4-18,25H,3,19-24H2,1-2H3. The molecular formula is C38H36N4O4S. The lowest BCUT2D eigenvalue weighted by Crippen LogP contribution is -2.49. The first-order valence-corrected chi connectivity index (χ1v) is 16.6. The molecule has 9 heteroatoms. The fraction of sp³-hybridized carbons (Fsp3) is 0.237. The van der Waals surface area contributed by atoms with Crippen LogP contribution in [-0.4, -0.2) is 56.1 Å². The van der Waals surface area contributed by atoms with E-state index in [-0.39, 0.29) is 18.3 Å². The topological polar surface area (TPSA) is 90.0 Å². The number of nitriles is 1. The van der Waals surface area contributed by atoms with Crippen molar-refractivity contribution in [2.45, 2.75) is 25.2 Å². The number of para-hydroxylation sites is 2. The first-order valence-electron chi connectivity index (χ1n) is 15.8. The molecule has 1 saturated heterocycles. The number of anilines is 2. The molecule has 47 heavy (non-hydrogen) atoms. The van der Waals surface area contributed by atoms with Crippen molar-refractivity contribution in [2.24, 2.45) is 0 Å². The number of carbonyl (C=O) groups excluding carboxylic acids is 2. The number of hydrogen-bond donors (Lipinski definition) is 0. The Balaban J connectivity index is 1.24. The molecular weight excluding hydrogens is 609 g/mol. The number of fused-ring (bicyclic) bond motifs is 1. The third-order valence-electron chi connectivity index (χ3n) is 8.35. The molecule has 8 nitrogen and oxygen atoms in total. The van der Waals surface area contributed by atoms with E-state index in [1.54, 1.807) is 43.1 Å². The first-order chi connectivity index (χ1) is 22.9. The number of aryl methyl sites for hydroxylation is 1. The fourth-order valence-corrected chi connectivity index (χ4v) is 6.82. The van der Waals surface area contributed by atoms with Crippen LogP contribution in [0.15, 0.2) is 106 Å². The Labute approximate surface area is 279 Å². The van der Waals surface area contributed by atoms with Crippen molar-refractivity contribution in [2.75, 3.05) is 48.5 Å². The summed E-state index contributed by atoms with van der Waals surface area (Å²) in [6.07, 6.45) is 0.856. The van der Waals surface area contributed by atoms with Crippen molar-refractivity contribution in [3.05, 3.63) is 125 Å². The minimum Gasteiger partial charge on any atom is -0.460 e. The van der Waals surface area contributed by atoms with Crippen molar-refractivity contribution in [1.29, 1.82) is 5.26 Å². The quantitative estimate of drug-likeness (QED) is 0.114. The van der Waals surface area contributed by atoms with E-state index in [0.717, 1.165) is 40.2 Å². The van der Waals surface area contributed by atoms with E-state index in [2.05, 4.69) is 69.9 Å². The lowest BCUT2D eigenvalue weighted by atomic mass is 10.1. The zero-order valence-corrected chi connectivity index (χ0v) is 27.3. The van der Waals surface area contributed by atoms with E-state index in [0.29, 0.717) is 42.9 Å². The van der Waals surface area contributed by atoms with Crippen molar-refractivity contribution in [1.82, 2.24) is 4.90 Å². The van der Waals surface area contributed by atoms with Gasteiger partial charge in [0, 0.05) is 54.1 Å². The molecule has 6 rings (SSSR count). The van der Waals surface area contributed by atoms with Gasteiger partial charge in [-0.05, 0) is 92.4 Å². The average Bonchev–Trinajstić information content (AvgIpc) is 3.45. The molecule has 0 radical (unpaired) electrons. The van der Waals surface area contributed by atoms with E-state index < -0.39 is 5.97 Å². The second kappa shape index (κ2) is 14.5. The molecule has 0 bridgehead atoms. The van der Waals surface area contributed by atoms with Gasteiger partial charge < -0.3 is 23.3 Å². The van der Waals surface area contributed by atoms with Crippen LogP contribution in [0.5, 0.6) is 0 Å². The predicted octanol–water partition coefficient (Wildman–Crippen LogP) is 7.51. The molecule has 0 spiro atoms. The number of ether oxygens (including phenoxy) is 1. The number of carbonyl (C=O) groups is 2. The largest absolute Gasteiger partial charge is 0.460 e. The summed E-state index contributed by atoms with van der Waals surface area (Å²) in [5.41, 5.74) is 6.02. The van der Waals surface area contributed by atoms with Crippen LogP contribution in [0.25, 0.3) is 11.0 Å². The lowest BCUT2D eigenvalue weighted by molar-refractivity contribution is 0.0491. The van der Waals surface area contributed by atoms with Crippen molar-refractivity contribution >= 4 is 46.2 Å². The Hall–Kier alpha value is -5.20. The Kier molecular flexibility index (Phi) is 9.79. The normalized spacial score (nSPS) is 13.0. The number of nitrogens with zero attached hydrogens (tertiary/aromatic N) is 4. The lowest BCUT2D eigenvalue weighted by Gasteiger charge is -2.38. The van der Waals surface area contributed by atoms with Crippen LogP contribution >= 0.6 is 11.9 Å². The van der Waals surface area contributed by atoms with Gasteiger partial charge in [0.1, 0.15) is 5.58 Å². The molecule has 0 atom stereocenters. The molecule has 1 fully saturated rings. The SMILES string of the molecule is CCOC(=O)c1oc2ccc(SN(CCc3ccccc3)c3ccccc3N3CCN(C(=O)c4ccc(C#N)cc4)CC3)cc2c1C. The summed E-state index contributed by atoms with van der Waals surface area (Å²) in [5, 5.41) is 9.99. The van der Waals surface area contributed by atoms with Gasteiger partial charge in [0.25, 0.3) is 5.91 Å². The zero-order valence-electron chi connectivity index (χ0n) is 26.5. The van der Waals surface area contributed by atoms with Crippen LogP contribution in [0.3, 0.4) is 0 Å². The summed E-state index contributed by atoms with van der Waals surface area (Å²) in [4.78, 5) is 30.9. The minimum atomic E-state index is -0.451. The van der Waals surface area contributed by atoms with Gasteiger partial charge >= 0.3 is 5.97 Å². The number of piperazine rings is 1. The summed E-state index contributed by atoms with van der Waals surface area (Å²) in [6, 6.07) is 33.8. The summed E-state index contributed by atoms with van der Waals surface area (Å²) in [5.74, 6) is -0.224. The highest BCUT2D eigenvalue weighted by atomic mass is 32.2. The van der Waals surface area contributed by atoms with Crippen molar-refractivity contribution in [3.8, 4) is 6.07 Å². The van der Waals surface area contributed by atoms with E-state index in [4.69, 9.17) is 14.4 Å². The molecule has 1 aromatic heterocycles. The van der Waals surface area contributed by atoms with Gasteiger partial charge in [0.2, 0.25) is 5.76 Å². The summed E-state index contributed by atoms with van der Waals surface area (Å²) >= 11 is 1.66. The number of amides is 1. The van der Waals surface area contributed by atoms with Crippen molar-refractivity contribution in [3.63, 3.8) is 0 Å². The summed E-state index contributed by atoms with van der Waals surface area (Å²) in [7, 11) is 0. The fourth-order valence-electron chi connectivity index (χ4n) is 5.83. The molecule has 0 unspecified atom stereocenters. The second-order valence-electron chi connectivity index (χ2n) is 11.3. The van der Waals surface area contributed by atoms with Crippen LogP contribution in [0.1, 0.15) is 44.5 Å². The smallest absolute Gasteiger partial charge is 0.374 e. The molecule has 4 aromatic carbocycles. The third-order valence-corrected chi connectivity index (χ3v) is 9.41. The number of hydrogen-bond acceptors (Lipinski definition) is 8. The van der Waals surface area contributed by atoms with Crippen LogP contribution in [-0.2, 0) is 11.2 Å². The number of esters is 1. The minimum absolute atomic E-state index is 0.0153. The van der Waals surface area contributed by atoms with E-state index >= 15 is 0 Å². The van der Waals surface area contributed by atoms with Gasteiger partial charge in [-0.25, -0.2) is 4.79 Å². The third kappa shape index (κ3) is 7.13. The molecule has 238 valence electrons. The van der Waals surface area contributed by atoms with Gasteiger partial charge in [0.05, 0.1) is 29.6 Å². The molecule has 0 saturated carbocycles. The first kappa shape index (κ1) is 31.8. The highest BCUT2D eigenvalue weighted by Crippen LogP contribution is 2.38. The van der Waals surface area contributed by atoms with Crippen LogP contribution in [0.2, 0.25) is 0 Å². The van der Waals surface area contributed by atoms with Crippen molar-refractivity contribution < 1.29 is 18.7 Å². The van der Waals surface area contributed by atoms with E-state index in [9.17, 15) is 9.59 Å². The molecule has 1 aliphatic rings. The molecule has 0 aliphatic carbocycles.